The molecule has 1 unspecified atom stereocenters. The minimum absolute atomic E-state index is 0.0252. The second kappa shape index (κ2) is 7.72. The van der Waals surface area contributed by atoms with E-state index >= 15 is 0 Å². The van der Waals surface area contributed by atoms with Gasteiger partial charge in [-0.2, -0.15) is 0 Å². The van der Waals surface area contributed by atoms with Gasteiger partial charge in [0.15, 0.2) is 0 Å². The first kappa shape index (κ1) is 16.9. The summed E-state index contributed by atoms with van der Waals surface area (Å²) < 4.78 is 1.85. The molecule has 2 rings (SSSR count). The van der Waals surface area contributed by atoms with Gasteiger partial charge in [0.1, 0.15) is 0 Å². The minimum atomic E-state index is 0.0252. The van der Waals surface area contributed by atoms with Crippen molar-refractivity contribution in [3.8, 4) is 0 Å². The number of hydrogen-bond donors (Lipinski definition) is 2. The molecule has 0 aliphatic carbocycles. The lowest BCUT2D eigenvalue weighted by molar-refractivity contribution is -0.117. The fraction of sp³-hybridized carbons (Fsp3) is 0.533. The van der Waals surface area contributed by atoms with Crippen LogP contribution in [0.15, 0.2) is 27.1 Å². The van der Waals surface area contributed by atoms with Crippen LogP contribution in [0, 0.1) is 5.92 Å². The van der Waals surface area contributed by atoms with E-state index in [1.165, 1.54) is 0 Å². The third-order valence-corrected chi connectivity index (χ3v) is 5.10. The number of amides is 1. The fourth-order valence-corrected chi connectivity index (χ4v) is 3.77. The quantitative estimate of drug-likeness (QED) is 0.789. The highest BCUT2D eigenvalue weighted by Gasteiger charge is 2.23. The van der Waals surface area contributed by atoms with Crippen molar-refractivity contribution in [1.82, 2.24) is 4.90 Å². The second-order valence-electron chi connectivity index (χ2n) is 5.65. The zero-order valence-electron chi connectivity index (χ0n) is 12.1. The molecule has 1 aliphatic heterocycles. The molecule has 1 fully saturated rings. The standard InChI is InChI=1S/C15H21Br2N3O/c1-10(18)11-4-6-20(7-5-11)9-15(21)19-14-3-2-12(16)8-13(14)17/h2-3,8,10-11H,4-7,9,18H2,1H3,(H,19,21). The lowest BCUT2D eigenvalue weighted by Crippen LogP contribution is -2.42. The van der Waals surface area contributed by atoms with Crippen LogP contribution in [0.2, 0.25) is 0 Å². The molecule has 1 amide bonds. The lowest BCUT2D eigenvalue weighted by Gasteiger charge is -2.33. The molecule has 21 heavy (non-hydrogen) atoms. The Morgan fingerprint density at radius 1 is 1.43 bits per heavy atom. The third kappa shape index (κ3) is 5.06. The molecule has 0 bridgehead atoms. The average Bonchev–Trinajstić information content (AvgIpc) is 2.42. The highest BCUT2D eigenvalue weighted by molar-refractivity contribution is 9.11. The molecule has 4 nitrogen and oxygen atoms in total. The van der Waals surface area contributed by atoms with Gasteiger partial charge < -0.3 is 11.1 Å². The van der Waals surface area contributed by atoms with E-state index in [1.54, 1.807) is 0 Å². The van der Waals surface area contributed by atoms with E-state index in [4.69, 9.17) is 5.73 Å². The predicted molar refractivity (Wildman–Crippen MR) is 93.3 cm³/mol. The maximum absolute atomic E-state index is 12.1. The van der Waals surface area contributed by atoms with Crippen LogP contribution in [0.5, 0.6) is 0 Å². The molecule has 0 spiro atoms. The molecular weight excluding hydrogens is 398 g/mol. The van der Waals surface area contributed by atoms with Crippen LogP contribution >= 0.6 is 31.9 Å². The van der Waals surface area contributed by atoms with Crippen molar-refractivity contribution < 1.29 is 4.79 Å². The van der Waals surface area contributed by atoms with E-state index in [2.05, 4.69) is 49.0 Å². The van der Waals surface area contributed by atoms with Crippen LogP contribution in [0.1, 0.15) is 19.8 Å². The van der Waals surface area contributed by atoms with Crippen molar-refractivity contribution >= 4 is 43.5 Å². The van der Waals surface area contributed by atoms with Gasteiger partial charge in [-0.25, -0.2) is 0 Å². The van der Waals surface area contributed by atoms with Crippen LogP contribution in [0.25, 0.3) is 0 Å². The van der Waals surface area contributed by atoms with Crippen LogP contribution in [0.3, 0.4) is 0 Å². The van der Waals surface area contributed by atoms with Gasteiger partial charge in [-0.15, -0.1) is 0 Å². The first-order chi connectivity index (χ1) is 9.95. The Hall–Kier alpha value is -0.430. The summed E-state index contributed by atoms with van der Waals surface area (Å²) in [5.41, 5.74) is 6.74. The SMILES string of the molecule is CC(N)C1CCN(CC(=O)Nc2ccc(Br)cc2Br)CC1. The number of halogens is 2. The molecule has 116 valence electrons. The number of nitrogens with one attached hydrogen (secondary N) is 1. The number of nitrogens with two attached hydrogens (primary N) is 1. The highest BCUT2D eigenvalue weighted by Crippen LogP contribution is 2.26. The summed E-state index contributed by atoms with van der Waals surface area (Å²) in [5.74, 6) is 0.613. The summed E-state index contributed by atoms with van der Waals surface area (Å²) in [7, 11) is 0. The molecule has 1 saturated heterocycles. The molecule has 1 aliphatic rings. The Morgan fingerprint density at radius 2 is 2.10 bits per heavy atom. The Bertz CT molecular complexity index is 500. The molecule has 0 aromatic heterocycles. The monoisotopic (exact) mass is 417 g/mol. The first-order valence-electron chi connectivity index (χ1n) is 7.18. The van der Waals surface area contributed by atoms with Gasteiger partial charge in [0.2, 0.25) is 5.91 Å². The molecule has 1 heterocycles. The van der Waals surface area contributed by atoms with E-state index < -0.39 is 0 Å². The Morgan fingerprint density at radius 3 is 2.67 bits per heavy atom. The van der Waals surface area contributed by atoms with Crippen molar-refractivity contribution in [2.24, 2.45) is 11.7 Å². The van der Waals surface area contributed by atoms with Gasteiger partial charge in [0.05, 0.1) is 12.2 Å². The molecule has 1 aromatic rings. The van der Waals surface area contributed by atoms with Gasteiger partial charge in [0, 0.05) is 15.0 Å². The Kier molecular flexibility index (Phi) is 6.22. The molecule has 0 radical (unpaired) electrons. The minimum Gasteiger partial charge on any atom is -0.328 e. The van der Waals surface area contributed by atoms with Crippen molar-refractivity contribution in [2.75, 3.05) is 25.0 Å². The summed E-state index contributed by atoms with van der Waals surface area (Å²) in [6.45, 7) is 4.40. The van der Waals surface area contributed by atoms with Gasteiger partial charge in [-0.1, -0.05) is 15.9 Å². The number of carbonyl (C=O) groups is 1. The van der Waals surface area contributed by atoms with Crippen LogP contribution in [0.4, 0.5) is 5.69 Å². The smallest absolute Gasteiger partial charge is 0.238 e. The third-order valence-electron chi connectivity index (χ3n) is 3.95. The van der Waals surface area contributed by atoms with Gasteiger partial charge in [0.25, 0.3) is 0 Å². The molecule has 1 aromatic carbocycles. The summed E-state index contributed by atoms with van der Waals surface area (Å²) >= 11 is 6.85. The highest BCUT2D eigenvalue weighted by atomic mass is 79.9. The van der Waals surface area contributed by atoms with Crippen molar-refractivity contribution in [1.29, 1.82) is 0 Å². The first-order valence-corrected chi connectivity index (χ1v) is 8.77. The summed E-state index contributed by atoms with van der Waals surface area (Å²) in [4.78, 5) is 14.3. The number of anilines is 1. The number of hydrogen-bond acceptors (Lipinski definition) is 3. The number of benzene rings is 1. The van der Waals surface area contributed by atoms with E-state index in [0.29, 0.717) is 12.5 Å². The maximum atomic E-state index is 12.1. The molecular formula is C15H21Br2N3O. The van der Waals surface area contributed by atoms with Gasteiger partial charge in [-0.3, -0.25) is 9.69 Å². The summed E-state index contributed by atoms with van der Waals surface area (Å²) in [6.07, 6.45) is 2.15. The summed E-state index contributed by atoms with van der Waals surface area (Å²) in [6, 6.07) is 5.96. The number of carbonyl (C=O) groups excluding carboxylic acids is 1. The molecule has 1 atom stereocenters. The second-order valence-corrected chi connectivity index (χ2v) is 7.42. The number of likely N-dealkylation sites (tertiary alicyclic amines) is 1. The van der Waals surface area contributed by atoms with Gasteiger partial charge in [-0.05, 0) is 72.9 Å². The Balaban J connectivity index is 1.83. The number of nitrogens with zero attached hydrogens (tertiary/aromatic N) is 1. The average molecular weight is 419 g/mol. The van der Waals surface area contributed by atoms with Crippen molar-refractivity contribution in [2.45, 2.75) is 25.8 Å². The Labute approximate surface area is 142 Å². The van der Waals surface area contributed by atoms with Gasteiger partial charge >= 0.3 is 0 Å². The van der Waals surface area contributed by atoms with E-state index in [0.717, 1.165) is 40.6 Å². The number of rotatable bonds is 4. The van der Waals surface area contributed by atoms with E-state index in [1.807, 2.05) is 18.2 Å². The maximum Gasteiger partial charge on any atom is 0.238 e. The van der Waals surface area contributed by atoms with Crippen molar-refractivity contribution in [3.63, 3.8) is 0 Å². The van der Waals surface area contributed by atoms with E-state index in [9.17, 15) is 4.79 Å². The number of piperidine rings is 1. The van der Waals surface area contributed by atoms with Crippen molar-refractivity contribution in [3.05, 3.63) is 27.1 Å². The molecule has 0 saturated carbocycles. The molecule has 6 heteroatoms. The summed E-state index contributed by atoms with van der Waals surface area (Å²) in [5, 5.41) is 2.95. The van der Waals surface area contributed by atoms with E-state index in [-0.39, 0.29) is 11.9 Å². The normalized spacial score (nSPS) is 18.5. The van der Waals surface area contributed by atoms with Crippen LogP contribution < -0.4 is 11.1 Å². The lowest BCUT2D eigenvalue weighted by atomic mass is 9.91. The topological polar surface area (TPSA) is 58.4 Å². The molecule has 3 N–H and O–H groups in total. The largest absolute Gasteiger partial charge is 0.328 e. The van der Waals surface area contributed by atoms with Crippen LogP contribution in [-0.4, -0.2) is 36.5 Å². The van der Waals surface area contributed by atoms with Crippen LogP contribution in [-0.2, 0) is 4.79 Å². The predicted octanol–water partition coefficient (Wildman–Crippen LogP) is 3.21. The fourth-order valence-electron chi connectivity index (χ4n) is 2.62. The zero-order chi connectivity index (χ0) is 15.4. The zero-order valence-corrected chi connectivity index (χ0v) is 15.3.